The number of ether oxygens (including phenoxy) is 1. The fourth-order valence-electron chi connectivity index (χ4n) is 3.92. The molecular weight excluding hydrogens is 489 g/mol. The monoisotopic (exact) mass is 505 g/mol. The number of hydrogen-bond acceptors (Lipinski definition) is 7. The fourth-order valence-corrected chi connectivity index (χ4v) is 3.92. The number of nitrogens with two attached hydrogens (primary N) is 1. The molecule has 3 N–H and O–H groups in total. The number of nitrogen functional groups attached to an aromatic ring is 1. The molecule has 1 aliphatic heterocycles. The zero-order valence-electron chi connectivity index (χ0n) is 18.3. The van der Waals surface area contributed by atoms with Gasteiger partial charge in [-0.15, -0.1) is 0 Å². The van der Waals surface area contributed by atoms with Crippen LogP contribution in [0, 0.1) is 0 Å². The van der Waals surface area contributed by atoms with Crippen molar-refractivity contribution in [2.75, 3.05) is 17.7 Å². The molecule has 36 heavy (non-hydrogen) atoms. The minimum atomic E-state index is -5.81. The van der Waals surface area contributed by atoms with Crippen LogP contribution in [0.2, 0.25) is 0 Å². The van der Waals surface area contributed by atoms with Crippen LogP contribution < -0.4 is 15.8 Å². The van der Waals surface area contributed by atoms with Crippen LogP contribution in [0.5, 0.6) is 5.88 Å². The number of halogens is 5. The molecule has 3 aromatic heterocycles. The number of carbonyl (C=O) groups excluding carboxylic acids is 1. The second kappa shape index (κ2) is 7.83. The van der Waals surface area contributed by atoms with Gasteiger partial charge in [-0.1, -0.05) is 30.3 Å². The van der Waals surface area contributed by atoms with E-state index in [2.05, 4.69) is 25.3 Å². The van der Waals surface area contributed by atoms with Gasteiger partial charge in [-0.3, -0.25) is 4.79 Å². The SMILES string of the molecule is CC1(c2ccccc2)C(=O)Nc2nc(-c3cn4ccnc4c(OCC(F)(F)C(F)(F)F)n3)nc(N)c21. The number of benzene rings is 1. The number of anilines is 2. The summed E-state index contributed by atoms with van der Waals surface area (Å²) in [7, 11) is 0. The molecule has 4 heterocycles. The number of rotatable bonds is 5. The summed E-state index contributed by atoms with van der Waals surface area (Å²) < 4.78 is 70.6. The molecule has 1 amide bonds. The Bertz CT molecular complexity index is 1490. The van der Waals surface area contributed by atoms with Crippen LogP contribution in [-0.2, 0) is 10.2 Å². The normalized spacial score (nSPS) is 17.8. The van der Waals surface area contributed by atoms with Gasteiger partial charge in [0.25, 0.3) is 5.88 Å². The van der Waals surface area contributed by atoms with E-state index in [4.69, 9.17) is 10.5 Å². The average Bonchev–Trinajstić information content (AvgIpc) is 3.40. The van der Waals surface area contributed by atoms with E-state index in [-0.39, 0.29) is 28.8 Å². The van der Waals surface area contributed by atoms with Gasteiger partial charge >= 0.3 is 12.1 Å². The van der Waals surface area contributed by atoms with E-state index in [1.165, 1.54) is 23.0 Å². The number of alkyl halides is 5. The third kappa shape index (κ3) is 3.56. The third-order valence-electron chi connectivity index (χ3n) is 5.85. The number of imidazole rings is 1. The van der Waals surface area contributed by atoms with Crippen molar-refractivity contribution < 1.29 is 31.5 Å². The highest BCUT2D eigenvalue weighted by Crippen LogP contribution is 2.45. The molecule has 14 heteroatoms. The minimum absolute atomic E-state index is 0.0432. The Labute approximate surface area is 199 Å². The van der Waals surface area contributed by atoms with Crippen molar-refractivity contribution >= 4 is 23.2 Å². The molecule has 0 spiro atoms. The van der Waals surface area contributed by atoms with Crippen LogP contribution in [0.25, 0.3) is 17.2 Å². The van der Waals surface area contributed by atoms with Crippen LogP contribution in [0.4, 0.5) is 33.6 Å². The van der Waals surface area contributed by atoms with Crippen LogP contribution in [0.3, 0.4) is 0 Å². The highest BCUT2D eigenvalue weighted by molar-refractivity contribution is 6.09. The maximum absolute atomic E-state index is 13.4. The third-order valence-corrected chi connectivity index (χ3v) is 5.85. The van der Waals surface area contributed by atoms with Gasteiger partial charge < -0.3 is 20.2 Å². The molecule has 4 aromatic rings. The quantitative estimate of drug-likeness (QED) is 0.398. The zero-order chi connectivity index (χ0) is 25.9. The number of amides is 1. The summed E-state index contributed by atoms with van der Waals surface area (Å²) in [5, 5.41) is 2.67. The average molecular weight is 505 g/mol. The number of nitrogens with zero attached hydrogens (tertiary/aromatic N) is 5. The van der Waals surface area contributed by atoms with E-state index in [0.717, 1.165) is 0 Å². The number of nitrogens with one attached hydrogen (secondary N) is 1. The van der Waals surface area contributed by atoms with Gasteiger partial charge in [0.2, 0.25) is 11.6 Å². The summed E-state index contributed by atoms with van der Waals surface area (Å²) in [5.41, 5.74) is 5.88. The van der Waals surface area contributed by atoms with Gasteiger partial charge in [0.15, 0.2) is 12.4 Å². The first-order valence-electron chi connectivity index (χ1n) is 10.4. The van der Waals surface area contributed by atoms with Crippen molar-refractivity contribution in [3.05, 3.63) is 60.0 Å². The molecule has 0 saturated heterocycles. The van der Waals surface area contributed by atoms with E-state index in [1.54, 1.807) is 37.3 Å². The highest BCUT2D eigenvalue weighted by atomic mass is 19.4. The van der Waals surface area contributed by atoms with Crippen LogP contribution in [0.1, 0.15) is 18.1 Å². The molecule has 9 nitrogen and oxygen atoms in total. The molecule has 0 aliphatic carbocycles. The molecule has 186 valence electrons. The summed E-state index contributed by atoms with van der Waals surface area (Å²) in [4.78, 5) is 29.4. The predicted molar refractivity (Wildman–Crippen MR) is 116 cm³/mol. The van der Waals surface area contributed by atoms with Crippen molar-refractivity contribution in [2.24, 2.45) is 0 Å². The number of aromatic nitrogens is 5. The van der Waals surface area contributed by atoms with E-state index >= 15 is 0 Å². The summed E-state index contributed by atoms with van der Waals surface area (Å²) in [5.74, 6) is -6.15. The van der Waals surface area contributed by atoms with Gasteiger partial charge in [0.05, 0.1) is 5.56 Å². The second-order valence-corrected chi connectivity index (χ2v) is 8.18. The summed E-state index contributed by atoms with van der Waals surface area (Å²) >= 11 is 0. The van der Waals surface area contributed by atoms with Crippen LogP contribution >= 0.6 is 0 Å². The first kappa shape index (κ1) is 23.4. The van der Waals surface area contributed by atoms with Crippen molar-refractivity contribution in [3.8, 4) is 17.4 Å². The van der Waals surface area contributed by atoms with E-state index in [0.29, 0.717) is 11.1 Å². The smallest absolute Gasteiger partial charge is 0.456 e. The molecule has 0 saturated carbocycles. The topological polar surface area (TPSA) is 120 Å². The number of hydrogen-bond donors (Lipinski definition) is 2. The Morgan fingerprint density at radius 3 is 2.53 bits per heavy atom. The van der Waals surface area contributed by atoms with Crippen molar-refractivity contribution in [1.29, 1.82) is 0 Å². The van der Waals surface area contributed by atoms with Gasteiger partial charge in [0, 0.05) is 18.6 Å². The maximum Gasteiger partial charge on any atom is 0.456 e. The number of carbonyl (C=O) groups is 1. The minimum Gasteiger partial charge on any atom is -0.468 e. The molecule has 1 aliphatic rings. The first-order chi connectivity index (χ1) is 16.9. The first-order valence-corrected chi connectivity index (χ1v) is 10.4. The van der Waals surface area contributed by atoms with Gasteiger partial charge in [-0.05, 0) is 12.5 Å². The van der Waals surface area contributed by atoms with E-state index < -0.39 is 35.9 Å². The van der Waals surface area contributed by atoms with Gasteiger partial charge in [0.1, 0.15) is 22.7 Å². The van der Waals surface area contributed by atoms with Crippen molar-refractivity contribution in [1.82, 2.24) is 24.3 Å². The predicted octanol–water partition coefficient (Wildman–Crippen LogP) is 3.60. The lowest BCUT2D eigenvalue weighted by atomic mass is 9.78. The second-order valence-electron chi connectivity index (χ2n) is 8.18. The number of fused-ring (bicyclic) bond motifs is 2. The highest BCUT2D eigenvalue weighted by Gasteiger charge is 2.58. The Morgan fingerprint density at radius 2 is 1.83 bits per heavy atom. The molecule has 1 aromatic carbocycles. The van der Waals surface area contributed by atoms with Crippen LogP contribution in [-0.4, -0.2) is 48.9 Å². The van der Waals surface area contributed by atoms with Crippen LogP contribution in [0.15, 0.2) is 48.9 Å². The zero-order valence-corrected chi connectivity index (χ0v) is 18.3. The molecular formula is C22H16F5N7O2. The van der Waals surface area contributed by atoms with Crippen molar-refractivity contribution in [3.63, 3.8) is 0 Å². The summed E-state index contributed by atoms with van der Waals surface area (Å²) in [6.45, 7) is -0.334. The molecule has 0 radical (unpaired) electrons. The standard InChI is InChI=1S/C22H16F5N7O2/c1-20(11-5-3-2-4-6-11)13-14(28)31-15(32-16(13)33-19(20)35)12-9-34-8-7-29-17(34)18(30-12)36-10-21(23,24)22(25,26)27/h2-9H,10H2,1H3,(H3,28,31,32,33,35). The Morgan fingerprint density at radius 1 is 1.11 bits per heavy atom. The van der Waals surface area contributed by atoms with Gasteiger partial charge in [-0.2, -0.15) is 22.0 Å². The summed E-state index contributed by atoms with van der Waals surface area (Å²) in [6, 6.07) is 8.86. The lowest BCUT2D eigenvalue weighted by Crippen LogP contribution is -2.41. The maximum atomic E-state index is 13.4. The lowest BCUT2D eigenvalue weighted by molar-refractivity contribution is -0.290. The molecule has 5 rings (SSSR count). The Kier molecular flexibility index (Phi) is 5.09. The molecule has 0 bridgehead atoms. The van der Waals surface area contributed by atoms with E-state index in [1.807, 2.05) is 0 Å². The van der Waals surface area contributed by atoms with Gasteiger partial charge in [-0.25, -0.2) is 19.9 Å². The lowest BCUT2D eigenvalue weighted by Gasteiger charge is -2.23. The molecule has 1 unspecified atom stereocenters. The van der Waals surface area contributed by atoms with Crippen molar-refractivity contribution in [2.45, 2.75) is 24.4 Å². The summed E-state index contributed by atoms with van der Waals surface area (Å²) in [6.07, 6.45) is -1.76. The van der Waals surface area contributed by atoms with E-state index in [9.17, 15) is 26.7 Å². The molecule has 1 atom stereocenters. The molecule has 0 fully saturated rings. The Hall–Kier alpha value is -4.36. The largest absolute Gasteiger partial charge is 0.468 e. The Balaban J connectivity index is 1.57. The fraction of sp³-hybridized carbons (Fsp3) is 0.227.